The lowest BCUT2D eigenvalue weighted by molar-refractivity contribution is 0.687. The number of halogens is 1. The van der Waals surface area contributed by atoms with Crippen molar-refractivity contribution in [1.29, 1.82) is 0 Å². The summed E-state index contributed by atoms with van der Waals surface area (Å²) in [4.78, 5) is 8.21. The van der Waals surface area contributed by atoms with Crippen molar-refractivity contribution in [2.45, 2.75) is 20.0 Å². The van der Waals surface area contributed by atoms with Crippen LogP contribution in [0.4, 0.5) is 0 Å². The van der Waals surface area contributed by atoms with E-state index in [0.717, 1.165) is 17.6 Å². The average molecular weight is 292 g/mol. The Morgan fingerprint density at radius 3 is 2.82 bits per heavy atom. The minimum absolute atomic E-state index is 0.814. The monoisotopic (exact) mass is 291 g/mol. The largest absolute Gasteiger partial charge is 0.309 e. The van der Waals surface area contributed by atoms with E-state index in [9.17, 15) is 0 Å². The standard InChI is InChI=1S/C13H14BrN3/c1-10-5-15-3-2-12(10)8-16-6-11-4-13(14)9-17-7-11/h2-5,7,9,16H,6,8H2,1H3. The second-order valence-corrected chi connectivity index (χ2v) is 4.83. The summed E-state index contributed by atoms with van der Waals surface area (Å²) in [5, 5.41) is 3.40. The number of nitrogens with one attached hydrogen (secondary N) is 1. The molecule has 3 nitrogen and oxygen atoms in total. The van der Waals surface area contributed by atoms with E-state index in [-0.39, 0.29) is 0 Å². The van der Waals surface area contributed by atoms with Crippen LogP contribution >= 0.6 is 15.9 Å². The van der Waals surface area contributed by atoms with Crippen LogP contribution in [0.3, 0.4) is 0 Å². The molecule has 0 unspecified atom stereocenters. The highest BCUT2D eigenvalue weighted by molar-refractivity contribution is 9.10. The molecule has 0 aliphatic heterocycles. The first-order valence-electron chi connectivity index (χ1n) is 5.45. The summed E-state index contributed by atoms with van der Waals surface area (Å²) < 4.78 is 1.01. The Kier molecular flexibility index (Phi) is 4.23. The molecule has 0 aliphatic carbocycles. The summed E-state index contributed by atoms with van der Waals surface area (Å²) in [5.41, 5.74) is 3.67. The molecule has 1 N–H and O–H groups in total. The Labute approximate surface area is 109 Å². The molecule has 0 saturated heterocycles. The van der Waals surface area contributed by atoms with Crippen LogP contribution in [0.15, 0.2) is 41.4 Å². The molecule has 17 heavy (non-hydrogen) atoms. The first-order valence-corrected chi connectivity index (χ1v) is 6.24. The highest BCUT2D eigenvalue weighted by atomic mass is 79.9. The molecule has 2 rings (SSSR count). The van der Waals surface area contributed by atoms with Gasteiger partial charge in [0.25, 0.3) is 0 Å². The number of pyridine rings is 2. The zero-order chi connectivity index (χ0) is 12.1. The van der Waals surface area contributed by atoms with Crippen LogP contribution in [0.2, 0.25) is 0 Å². The number of hydrogen-bond acceptors (Lipinski definition) is 3. The minimum Gasteiger partial charge on any atom is -0.309 e. The van der Waals surface area contributed by atoms with E-state index >= 15 is 0 Å². The third-order valence-corrected chi connectivity index (χ3v) is 2.98. The molecule has 0 saturated carbocycles. The van der Waals surface area contributed by atoms with Gasteiger partial charge in [-0.15, -0.1) is 0 Å². The van der Waals surface area contributed by atoms with Crippen LogP contribution < -0.4 is 5.32 Å². The van der Waals surface area contributed by atoms with Gasteiger partial charge in [-0.2, -0.15) is 0 Å². The second kappa shape index (κ2) is 5.89. The van der Waals surface area contributed by atoms with Crippen LogP contribution in [-0.2, 0) is 13.1 Å². The Balaban J connectivity index is 1.90. The maximum absolute atomic E-state index is 4.13. The van der Waals surface area contributed by atoms with Gasteiger partial charge in [0.15, 0.2) is 0 Å². The summed E-state index contributed by atoms with van der Waals surface area (Å²) in [7, 11) is 0. The summed E-state index contributed by atoms with van der Waals surface area (Å²) >= 11 is 3.41. The summed E-state index contributed by atoms with van der Waals surface area (Å²) in [5.74, 6) is 0. The van der Waals surface area contributed by atoms with Crippen molar-refractivity contribution in [2.24, 2.45) is 0 Å². The normalized spacial score (nSPS) is 10.5. The maximum Gasteiger partial charge on any atom is 0.0410 e. The minimum atomic E-state index is 0.814. The number of rotatable bonds is 4. The fourth-order valence-corrected chi connectivity index (χ4v) is 2.01. The molecule has 0 amide bonds. The van der Waals surface area contributed by atoms with E-state index in [1.807, 2.05) is 24.7 Å². The van der Waals surface area contributed by atoms with E-state index in [0.29, 0.717) is 0 Å². The lowest BCUT2D eigenvalue weighted by Gasteiger charge is -2.07. The zero-order valence-corrected chi connectivity index (χ0v) is 11.2. The highest BCUT2D eigenvalue weighted by Gasteiger charge is 1.98. The Morgan fingerprint density at radius 1 is 1.18 bits per heavy atom. The summed E-state index contributed by atoms with van der Waals surface area (Å²) in [6, 6.07) is 4.11. The van der Waals surface area contributed by atoms with Crippen LogP contribution in [0.1, 0.15) is 16.7 Å². The Morgan fingerprint density at radius 2 is 2.06 bits per heavy atom. The van der Waals surface area contributed by atoms with Gasteiger partial charge >= 0.3 is 0 Å². The van der Waals surface area contributed by atoms with Gasteiger partial charge in [0, 0.05) is 42.3 Å². The topological polar surface area (TPSA) is 37.8 Å². The Hall–Kier alpha value is -1.26. The van der Waals surface area contributed by atoms with Gasteiger partial charge in [-0.1, -0.05) is 0 Å². The molecule has 0 aliphatic rings. The van der Waals surface area contributed by atoms with Crippen LogP contribution in [0, 0.1) is 6.92 Å². The van der Waals surface area contributed by atoms with E-state index in [2.05, 4.69) is 44.2 Å². The van der Waals surface area contributed by atoms with Crippen molar-refractivity contribution in [2.75, 3.05) is 0 Å². The molecule has 0 atom stereocenters. The van der Waals surface area contributed by atoms with Gasteiger partial charge in [0.2, 0.25) is 0 Å². The molecule has 0 aromatic carbocycles. The first kappa shape index (κ1) is 12.2. The molecule has 0 bridgehead atoms. The fraction of sp³-hybridized carbons (Fsp3) is 0.231. The third kappa shape index (κ3) is 3.61. The molecule has 2 aromatic heterocycles. The number of nitrogens with zero attached hydrogens (tertiary/aromatic N) is 2. The third-order valence-electron chi connectivity index (χ3n) is 2.54. The predicted octanol–water partition coefficient (Wildman–Crippen LogP) is 2.84. The summed E-state index contributed by atoms with van der Waals surface area (Å²) in [6.07, 6.45) is 7.37. The quantitative estimate of drug-likeness (QED) is 0.941. The van der Waals surface area contributed by atoms with Crippen molar-refractivity contribution < 1.29 is 0 Å². The van der Waals surface area contributed by atoms with Crippen molar-refractivity contribution in [1.82, 2.24) is 15.3 Å². The van der Waals surface area contributed by atoms with Crippen LogP contribution in [0.25, 0.3) is 0 Å². The van der Waals surface area contributed by atoms with Gasteiger partial charge in [-0.05, 0) is 51.7 Å². The average Bonchev–Trinajstić information content (AvgIpc) is 2.32. The molecule has 2 aromatic rings. The van der Waals surface area contributed by atoms with Gasteiger partial charge in [-0.25, -0.2) is 0 Å². The van der Waals surface area contributed by atoms with Gasteiger partial charge in [-0.3, -0.25) is 9.97 Å². The highest BCUT2D eigenvalue weighted by Crippen LogP contribution is 2.10. The molecule has 2 heterocycles. The molecule has 0 spiro atoms. The number of hydrogen-bond donors (Lipinski definition) is 1. The maximum atomic E-state index is 4.13. The molecule has 0 fully saturated rings. The van der Waals surface area contributed by atoms with Crippen LogP contribution in [-0.4, -0.2) is 9.97 Å². The fourth-order valence-electron chi connectivity index (χ4n) is 1.59. The molecular formula is C13H14BrN3. The van der Waals surface area contributed by atoms with E-state index < -0.39 is 0 Å². The van der Waals surface area contributed by atoms with Crippen LogP contribution in [0.5, 0.6) is 0 Å². The lowest BCUT2D eigenvalue weighted by atomic mass is 10.1. The van der Waals surface area contributed by atoms with Crippen molar-refractivity contribution in [3.8, 4) is 0 Å². The van der Waals surface area contributed by atoms with Gasteiger partial charge < -0.3 is 5.32 Å². The van der Waals surface area contributed by atoms with Gasteiger partial charge in [0.1, 0.15) is 0 Å². The molecular weight excluding hydrogens is 278 g/mol. The lowest BCUT2D eigenvalue weighted by Crippen LogP contribution is -2.13. The van der Waals surface area contributed by atoms with Gasteiger partial charge in [0.05, 0.1) is 0 Å². The van der Waals surface area contributed by atoms with Crippen molar-refractivity contribution in [3.63, 3.8) is 0 Å². The number of aryl methyl sites for hydroxylation is 1. The van der Waals surface area contributed by atoms with E-state index in [1.165, 1.54) is 16.7 Å². The molecule has 0 radical (unpaired) electrons. The van der Waals surface area contributed by atoms with E-state index in [1.54, 1.807) is 6.20 Å². The Bertz CT molecular complexity index is 500. The molecule has 88 valence electrons. The zero-order valence-electron chi connectivity index (χ0n) is 9.65. The first-order chi connectivity index (χ1) is 8.25. The van der Waals surface area contributed by atoms with E-state index in [4.69, 9.17) is 0 Å². The number of aromatic nitrogens is 2. The smallest absolute Gasteiger partial charge is 0.0410 e. The summed E-state index contributed by atoms with van der Waals surface area (Å²) in [6.45, 7) is 3.74. The SMILES string of the molecule is Cc1cnccc1CNCc1cncc(Br)c1. The van der Waals surface area contributed by atoms with Crippen molar-refractivity contribution in [3.05, 3.63) is 58.1 Å². The van der Waals surface area contributed by atoms with Crippen molar-refractivity contribution >= 4 is 15.9 Å². The molecule has 4 heteroatoms. The second-order valence-electron chi connectivity index (χ2n) is 3.92. The predicted molar refractivity (Wildman–Crippen MR) is 71.5 cm³/mol.